The fourth-order valence-electron chi connectivity index (χ4n) is 2.69. The van der Waals surface area contributed by atoms with Crippen molar-refractivity contribution >= 4 is 15.8 Å². The second kappa shape index (κ2) is 6.86. The van der Waals surface area contributed by atoms with Crippen molar-refractivity contribution < 1.29 is 8.42 Å². The molecule has 2 aromatic heterocycles. The van der Waals surface area contributed by atoms with Gasteiger partial charge >= 0.3 is 0 Å². The maximum Gasteiger partial charge on any atom is 0.262 e. The standard InChI is InChI=1S/C15H22N6O2S/c1-12(2)20-9-15(18-11-20)24(22,23)21-7-4-13(5-8-21)19-14-3-6-16-10-17-14/h3,6,9-13H,4-5,7-8H2,1-2H3,(H,16,17,19). The first-order chi connectivity index (χ1) is 11.5. The summed E-state index contributed by atoms with van der Waals surface area (Å²) in [5, 5.41) is 3.44. The quantitative estimate of drug-likeness (QED) is 0.879. The van der Waals surface area contributed by atoms with Crippen molar-refractivity contribution in [1.29, 1.82) is 0 Å². The summed E-state index contributed by atoms with van der Waals surface area (Å²) in [6.45, 7) is 4.92. The molecule has 0 amide bonds. The molecular formula is C15H22N6O2S. The van der Waals surface area contributed by atoms with Gasteiger partial charge in [-0.3, -0.25) is 0 Å². The molecule has 130 valence electrons. The van der Waals surface area contributed by atoms with Crippen LogP contribution in [0.4, 0.5) is 5.82 Å². The molecule has 9 heteroatoms. The molecule has 3 rings (SSSR count). The van der Waals surface area contributed by atoms with Crippen LogP contribution in [0.5, 0.6) is 0 Å². The molecule has 1 fully saturated rings. The summed E-state index contributed by atoms with van der Waals surface area (Å²) in [6, 6.07) is 2.20. The zero-order chi connectivity index (χ0) is 17.2. The van der Waals surface area contributed by atoms with Gasteiger partial charge < -0.3 is 9.88 Å². The van der Waals surface area contributed by atoms with Crippen molar-refractivity contribution in [1.82, 2.24) is 23.8 Å². The maximum absolute atomic E-state index is 12.7. The fraction of sp³-hybridized carbons (Fsp3) is 0.533. The summed E-state index contributed by atoms with van der Waals surface area (Å²) in [6.07, 6.45) is 7.81. The lowest BCUT2D eigenvalue weighted by Gasteiger charge is -2.31. The largest absolute Gasteiger partial charge is 0.367 e. The first-order valence-corrected chi connectivity index (χ1v) is 9.47. The van der Waals surface area contributed by atoms with E-state index in [0.29, 0.717) is 13.1 Å². The average Bonchev–Trinajstić information content (AvgIpc) is 3.07. The highest BCUT2D eigenvalue weighted by Crippen LogP contribution is 2.22. The Kier molecular flexibility index (Phi) is 4.81. The molecule has 8 nitrogen and oxygen atoms in total. The number of rotatable bonds is 5. The van der Waals surface area contributed by atoms with Crippen LogP contribution in [0.15, 0.2) is 36.1 Å². The van der Waals surface area contributed by atoms with Crippen LogP contribution in [0.1, 0.15) is 32.7 Å². The predicted octanol–water partition coefficient (Wildman–Crippen LogP) is 1.52. The van der Waals surface area contributed by atoms with E-state index >= 15 is 0 Å². The summed E-state index contributed by atoms with van der Waals surface area (Å²) >= 11 is 0. The van der Waals surface area contributed by atoms with Crippen molar-refractivity contribution in [2.45, 2.75) is 43.8 Å². The number of sulfonamides is 1. The van der Waals surface area contributed by atoms with E-state index in [2.05, 4.69) is 20.3 Å². The molecule has 3 heterocycles. The van der Waals surface area contributed by atoms with Crippen molar-refractivity contribution in [2.24, 2.45) is 0 Å². The van der Waals surface area contributed by atoms with Gasteiger partial charge in [0.15, 0.2) is 5.03 Å². The Hall–Kier alpha value is -2.00. The molecule has 1 aliphatic rings. The normalized spacial score (nSPS) is 17.3. The molecule has 0 atom stereocenters. The molecule has 0 unspecified atom stereocenters. The highest BCUT2D eigenvalue weighted by Gasteiger charge is 2.31. The third kappa shape index (κ3) is 3.57. The summed E-state index contributed by atoms with van der Waals surface area (Å²) in [5.74, 6) is 0.766. The van der Waals surface area contributed by atoms with Gasteiger partial charge in [-0.25, -0.2) is 23.4 Å². The molecule has 0 aromatic carbocycles. The van der Waals surface area contributed by atoms with Crippen LogP contribution >= 0.6 is 0 Å². The number of piperidine rings is 1. The van der Waals surface area contributed by atoms with E-state index < -0.39 is 10.0 Å². The van der Waals surface area contributed by atoms with Gasteiger partial charge in [0, 0.05) is 37.6 Å². The van der Waals surface area contributed by atoms with Crippen LogP contribution in [0, 0.1) is 0 Å². The molecule has 24 heavy (non-hydrogen) atoms. The number of hydrogen-bond acceptors (Lipinski definition) is 6. The number of anilines is 1. The lowest BCUT2D eigenvalue weighted by atomic mass is 10.1. The van der Waals surface area contributed by atoms with Crippen LogP contribution in [0.3, 0.4) is 0 Å². The van der Waals surface area contributed by atoms with Gasteiger partial charge in [0.1, 0.15) is 12.1 Å². The van der Waals surface area contributed by atoms with Crippen molar-refractivity contribution in [3.63, 3.8) is 0 Å². The summed E-state index contributed by atoms with van der Waals surface area (Å²) in [7, 11) is -3.52. The number of hydrogen-bond donors (Lipinski definition) is 1. The van der Waals surface area contributed by atoms with Gasteiger partial charge in [0.25, 0.3) is 10.0 Å². The second-order valence-electron chi connectivity index (χ2n) is 6.17. The number of nitrogens with one attached hydrogen (secondary N) is 1. The van der Waals surface area contributed by atoms with E-state index in [1.807, 2.05) is 19.9 Å². The Balaban J connectivity index is 1.62. The molecule has 0 saturated carbocycles. The number of aromatic nitrogens is 4. The molecule has 0 spiro atoms. The minimum atomic E-state index is -3.52. The highest BCUT2D eigenvalue weighted by molar-refractivity contribution is 7.89. The van der Waals surface area contributed by atoms with Crippen molar-refractivity contribution in [2.75, 3.05) is 18.4 Å². The average molecular weight is 350 g/mol. The van der Waals surface area contributed by atoms with Gasteiger partial charge in [-0.15, -0.1) is 0 Å². The molecule has 0 bridgehead atoms. The van der Waals surface area contributed by atoms with Crippen LogP contribution in [-0.2, 0) is 10.0 Å². The molecule has 1 N–H and O–H groups in total. The van der Waals surface area contributed by atoms with Gasteiger partial charge in [0.2, 0.25) is 0 Å². The third-order valence-corrected chi connectivity index (χ3v) is 5.95. The lowest BCUT2D eigenvalue weighted by Crippen LogP contribution is -2.42. The highest BCUT2D eigenvalue weighted by atomic mass is 32.2. The topological polar surface area (TPSA) is 93.0 Å². The Bertz CT molecular complexity index is 766. The molecule has 2 aromatic rings. The van der Waals surface area contributed by atoms with Crippen molar-refractivity contribution in [3.05, 3.63) is 31.1 Å². The Morgan fingerprint density at radius 2 is 2.00 bits per heavy atom. The molecule has 0 radical (unpaired) electrons. The zero-order valence-electron chi connectivity index (χ0n) is 13.8. The number of imidazole rings is 1. The van der Waals surface area contributed by atoms with E-state index in [9.17, 15) is 8.42 Å². The predicted molar refractivity (Wildman–Crippen MR) is 90.0 cm³/mol. The SMILES string of the molecule is CC(C)n1cnc(S(=O)(=O)N2CCC(Nc3ccncn3)CC2)c1. The molecular weight excluding hydrogens is 328 g/mol. The molecule has 1 aliphatic heterocycles. The maximum atomic E-state index is 12.7. The van der Waals surface area contributed by atoms with Gasteiger partial charge in [-0.2, -0.15) is 4.31 Å². The smallest absolute Gasteiger partial charge is 0.262 e. The Morgan fingerprint density at radius 1 is 1.25 bits per heavy atom. The van der Waals surface area contributed by atoms with Crippen LogP contribution < -0.4 is 5.32 Å². The first kappa shape index (κ1) is 16.8. The van der Waals surface area contributed by atoms with E-state index in [0.717, 1.165) is 18.7 Å². The van der Waals surface area contributed by atoms with E-state index in [1.54, 1.807) is 23.3 Å². The first-order valence-electron chi connectivity index (χ1n) is 8.03. The molecule has 0 aliphatic carbocycles. The monoisotopic (exact) mass is 350 g/mol. The second-order valence-corrected chi connectivity index (χ2v) is 8.05. The van der Waals surface area contributed by atoms with Crippen LogP contribution in [0.2, 0.25) is 0 Å². The van der Waals surface area contributed by atoms with Crippen LogP contribution in [-0.4, -0.2) is 51.4 Å². The fourth-order valence-corrected chi connectivity index (χ4v) is 4.08. The minimum Gasteiger partial charge on any atom is -0.367 e. The van der Waals surface area contributed by atoms with E-state index in [4.69, 9.17) is 0 Å². The Morgan fingerprint density at radius 3 is 2.58 bits per heavy atom. The van der Waals surface area contributed by atoms with E-state index in [-0.39, 0.29) is 17.1 Å². The summed E-state index contributed by atoms with van der Waals surface area (Å²) in [5.41, 5.74) is 0. The molecule has 1 saturated heterocycles. The van der Waals surface area contributed by atoms with E-state index in [1.165, 1.54) is 10.6 Å². The Labute approximate surface area is 142 Å². The van der Waals surface area contributed by atoms with Gasteiger partial charge in [-0.05, 0) is 32.8 Å². The minimum absolute atomic E-state index is 0.124. The number of nitrogens with zero attached hydrogens (tertiary/aromatic N) is 5. The lowest BCUT2D eigenvalue weighted by molar-refractivity contribution is 0.328. The third-order valence-electron chi connectivity index (χ3n) is 4.17. The summed E-state index contributed by atoms with van der Waals surface area (Å²) in [4.78, 5) is 12.1. The van der Waals surface area contributed by atoms with Crippen molar-refractivity contribution in [3.8, 4) is 0 Å². The van der Waals surface area contributed by atoms with Gasteiger partial charge in [0.05, 0.1) is 6.33 Å². The zero-order valence-corrected chi connectivity index (χ0v) is 14.6. The van der Waals surface area contributed by atoms with Crippen LogP contribution in [0.25, 0.3) is 0 Å². The van der Waals surface area contributed by atoms with Gasteiger partial charge in [-0.1, -0.05) is 0 Å². The summed E-state index contributed by atoms with van der Waals surface area (Å²) < 4.78 is 28.7.